The van der Waals surface area contributed by atoms with E-state index in [2.05, 4.69) is 34.7 Å². The van der Waals surface area contributed by atoms with Crippen molar-refractivity contribution in [3.05, 3.63) is 47.7 Å². The molecule has 0 saturated heterocycles. The summed E-state index contributed by atoms with van der Waals surface area (Å²) in [5, 5.41) is 7.03. The van der Waals surface area contributed by atoms with Crippen molar-refractivity contribution >= 4 is 11.7 Å². The average Bonchev–Trinajstić information content (AvgIpc) is 2.79. The Kier molecular flexibility index (Phi) is 3.41. The van der Waals surface area contributed by atoms with E-state index in [-0.39, 0.29) is 11.3 Å². The lowest BCUT2D eigenvalue weighted by Gasteiger charge is -2.42. The maximum atomic E-state index is 12.3. The number of aromatic nitrogens is 2. The first-order valence-electron chi connectivity index (χ1n) is 7.24. The van der Waals surface area contributed by atoms with Crippen molar-refractivity contribution in [2.24, 2.45) is 7.05 Å². The lowest BCUT2D eigenvalue weighted by Crippen LogP contribution is -2.45. The number of amides is 1. The maximum absolute atomic E-state index is 12.3. The minimum atomic E-state index is -0.150. The number of nitrogens with two attached hydrogens (primary N) is 1. The van der Waals surface area contributed by atoms with Gasteiger partial charge in [0.2, 0.25) is 0 Å². The van der Waals surface area contributed by atoms with Crippen LogP contribution < -0.4 is 11.1 Å². The van der Waals surface area contributed by atoms with Gasteiger partial charge in [0.05, 0.1) is 6.20 Å². The number of nitrogen functional groups attached to an aromatic ring is 1. The summed E-state index contributed by atoms with van der Waals surface area (Å²) in [6, 6.07) is 10.4. The van der Waals surface area contributed by atoms with E-state index in [1.54, 1.807) is 7.05 Å². The van der Waals surface area contributed by atoms with Crippen LogP contribution in [0.25, 0.3) is 0 Å². The Hall–Kier alpha value is -2.30. The summed E-state index contributed by atoms with van der Waals surface area (Å²) < 4.78 is 1.51. The van der Waals surface area contributed by atoms with Crippen LogP contribution in [0.15, 0.2) is 36.5 Å². The number of anilines is 1. The van der Waals surface area contributed by atoms with E-state index in [1.165, 1.54) is 22.9 Å². The number of hydrogen-bond donors (Lipinski definition) is 2. The van der Waals surface area contributed by atoms with Crippen LogP contribution in [-0.4, -0.2) is 22.2 Å². The zero-order valence-electron chi connectivity index (χ0n) is 12.2. The van der Waals surface area contributed by atoms with E-state index >= 15 is 0 Å². The van der Waals surface area contributed by atoms with Crippen molar-refractivity contribution in [1.29, 1.82) is 0 Å². The van der Waals surface area contributed by atoms with Crippen LogP contribution in [-0.2, 0) is 12.5 Å². The number of carbonyl (C=O) groups excluding carboxylic acids is 1. The molecule has 3 N–H and O–H groups in total. The fourth-order valence-corrected chi connectivity index (χ4v) is 2.93. The number of aryl methyl sites for hydroxylation is 1. The van der Waals surface area contributed by atoms with E-state index in [1.807, 2.05) is 6.07 Å². The molecule has 0 atom stereocenters. The van der Waals surface area contributed by atoms with Crippen LogP contribution >= 0.6 is 0 Å². The van der Waals surface area contributed by atoms with Crippen LogP contribution in [0.1, 0.15) is 35.2 Å². The molecular formula is C16H20N4O. The maximum Gasteiger partial charge on any atom is 0.256 e. The minimum absolute atomic E-state index is 0.0773. The smallest absolute Gasteiger partial charge is 0.256 e. The van der Waals surface area contributed by atoms with Crippen molar-refractivity contribution in [3.8, 4) is 0 Å². The molecule has 1 fully saturated rings. The molecule has 5 nitrogen and oxygen atoms in total. The van der Waals surface area contributed by atoms with E-state index < -0.39 is 0 Å². The Morgan fingerprint density at radius 2 is 2.10 bits per heavy atom. The van der Waals surface area contributed by atoms with Gasteiger partial charge < -0.3 is 11.1 Å². The standard InChI is InChI=1S/C16H20N4O/c1-20-14(17)13(10-19-20)15(21)18-11-16(8-5-9-16)12-6-3-2-4-7-12/h2-4,6-7,10H,5,8-9,11,17H2,1H3,(H,18,21). The summed E-state index contributed by atoms with van der Waals surface area (Å²) in [7, 11) is 1.73. The van der Waals surface area contributed by atoms with Gasteiger partial charge in [0.1, 0.15) is 11.4 Å². The number of hydrogen-bond acceptors (Lipinski definition) is 3. The fraction of sp³-hybridized carbons (Fsp3) is 0.375. The average molecular weight is 284 g/mol. The van der Waals surface area contributed by atoms with Gasteiger partial charge in [0.15, 0.2) is 0 Å². The summed E-state index contributed by atoms with van der Waals surface area (Å²) in [6.45, 7) is 0.643. The van der Waals surface area contributed by atoms with Gasteiger partial charge in [-0.1, -0.05) is 36.8 Å². The van der Waals surface area contributed by atoms with Gasteiger partial charge in [0, 0.05) is 19.0 Å². The van der Waals surface area contributed by atoms with E-state index in [0.29, 0.717) is 17.9 Å². The molecule has 0 aliphatic heterocycles. The number of benzene rings is 1. The molecule has 1 amide bonds. The van der Waals surface area contributed by atoms with Crippen LogP contribution in [0.4, 0.5) is 5.82 Å². The number of rotatable bonds is 4. The predicted octanol–water partition coefficient (Wildman–Crippen LogP) is 1.85. The number of carbonyl (C=O) groups is 1. The second kappa shape index (κ2) is 5.24. The molecule has 0 radical (unpaired) electrons. The summed E-state index contributed by atoms with van der Waals surface area (Å²) >= 11 is 0. The molecule has 0 bridgehead atoms. The molecule has 5 heteroatoms. The monoisotopic (exact) mass is 284 g/mol. The highest BCUT2D eigenvalue weighted by Gasteiger charge is 2.38. The van der Waals surface area contributed by atoms with Gasteiger partial charge in [-0.25, -0.2) is 0 Å². The van der Waals surface area contributed by atoms with Gasteiger partial charge in [-0.15, -0.1) is 0 Å². The first-order chi connectivity index (χ1) is 10.1. The van der Waals surface area contributed by atoms with Crippen LogP contribution in [0.3, 0.4) is 0 Å². The van der Waals surface area contributed by atoms with Crippen molar-refractivity contribution < 1.29 is 4.79 Å². The molecule has 1 aliphatic rings. The van der Waals surface area contributed by atoms with Crippen molar-refractivity contribution in [2.45, 2.75) is 24.7 Å². The molecule has 3 rings (SSSR count). The van der Waals surface area contributed by atoms with Crippen LogP contribution in [0.5, 0.6) is 0 Å². The van der Waals surface area contributed by atoms with E-state index in [4.69, 9.17) is 5.73 Å². The summed E-state index contributed by atoms with van der Waals surface area (Å²) in [4.78, 5) is 12.3. The Balaban J connectivity index is 1.72. The first kappa shape index (κ1) is 13.7. The van der Waals surface area contributed by atoms with Crippen LogP contribution in [0, 0.1) is 0 Å². The second-order valence-corrected chi connectivity index (χ2v) is 5.75. The highest BCUT2D eigenvalue weighted by Crippen LogP contribution is 2.43. The highest BCUT2D eigenvalue weighted by molar-refractivity contribution is 5.98. The Morgan fingerprint density at radius 1 is 1.38 bits per heavy atom. The van der Waals surface area contributed by atoms with Gasteiger partial charge >= 0.3 is 0 Å². The minimum Gasteiger partial charge on any atom is -0.383 e. The highest BCUT2D eigenvalue weighted by atomic mass is 16.1. The normalized spacial score (nSPS) is 16.2. The Labute approximate surface area is 124 Å². The molecule has 110 valence electrons. The lowest BCUT2D eigenvalue weighted by molar-refractivity contribution is 0.0928. The molecule has 0 spiro atoms. The number of nitrogens with one attached hydrogen (secondary N) is 1. The van der Waals surface area contributed by atoms with Crippen molar-refractivity contribution in [3.63, 3.8) is 0 Å². The summed E-state index contributed by atoms with van der Waals surface area (Å²) in [5.74, 6) is 0.248. The summed E-state index contributed by atoms with van der Waals surface area (Å²) in [5.41, 5.74) is 7.66. The van der Waals surface area contributed by atoms with Gasteiger partial charge in [0.25, 0.3) is 5.91 Å². The van der Waals surface area contributed by atoms with E-state index in [0.717, 1.165) is 12.8 Å². The van der Waals surface area contributed by atoms with Gasteiger partial charge in [-0.3, -0.25) is 9.48 Å². The fourth-order valence-electron chi connectivity index (χ4n) is 2.93. The molecule has 1 aromatic heterocycles. The molecule has 1 aromatic carbocycles. The number of nitrogens with zero attached hydrogens (tertiary/aromatic N) is 2. The molecule has 0 unspecified atom stereocenters. The van der Waals surface area contributed by atoms with Crippen molar-refractivity contribution in [1.82, 2.24) is 15.1 Å². The largest absolute Gasteiger partial charge is 0.383 e. The van der Waals surface area contributed by atoms with E-state index in [9.17, 15) is 4.79 Å². The zero-order chi connectivity index (χ0) is 14.9. The van der Waals surface area contributed by atoms with Crippen LogP contribution in [0.2, 0.25) is 0 Å². The second-order valence-electron chi connectivity index (χ2n) is 5.75. The molecular weight excluding hydrogens is 264 g/mol. The van der Waals surface area contributed by atoms with Gasteiger partial charge in [-0.2, -0.15) is 5.10 Å². The zero-order valence-corrected chi connectivity index (χ0v) is 12.2. The predicted molar refractivity (Wildman–Crippen MR) is 81.9 cm³/mol. The molecule has 21 heavy (non-hydrogen) atoms. The topological polar surface area (TPSA) is 72.9 Å². The Bertz CT molecular complexity index is 644. The van der Waals surface area contributed by atoms with Crippen molar-refractivity contribution in [2.75, 3.05) is 12.3 Å². The third-order valence-corrected chi connectivity index (χ3v) is 4.51. The van der Waals surface area contributed by atoms with Gasteiger partial charge in [-0.05, 0) is 18.4 Å². The lowest BCUT2D eigenvalue weighted by atomic mass is 9.64. The Morgan fingerprint density at radius 3 is 2.62 bits per heavy atom. The molecule has 2 aromatic rings. The quantitative estimate of drug-likeness (QED) is 0.900. The third kappa shape index (κ3) is 2.39. The molecule has 1 aliphatic carbocycles. The molecule has 1 heterocycles. The SMILES string of the molecule is Cn1ncc(C(=O)NCC2(c3ccccc3)CCC2)c1N. The molecule has 1 saturated carbocycles. The first-order valence-corrected chi connectivity index (χ1v) is 7.24. The third-order valence-electron chi connectivity index (χ3n) is 4.51. The summed E-state index contributed by atoms with van der Waals surface area (Å²) in [6.07, 6.45) is 4.94.